The molecule has 0 amide bonds. The minimum atomic E-state index is -0.0509. The molecule has 1 N–H and O–H groups in total. The van der Waals surface area contributed by atoms with Crippen LogP contribution < -0.4 is 5.32 Å². The molecule has 0 aliphatic heterocycles. The first-order valence-corrected chi connectivity index (χ1v) is 3.42. The van der Waals surface area contributed by atoms with E-state index in [1.54, 1.807) is 7.05 Å². The molecule has 0 aromatic rings. The van der Waals surface area contributed by atoms with E-state index in [4.69, 9.17) is 5.53 Å². The lowest BCUT2D eigenvalue weighted by molar-refractivity contribution is 0.453. The van der Waals surface area contributed by atoms with Gasteiger partial charge in [0.05, 0.1) is 6.17 Å². The largest absolute Gasteiger partial charge is 0.312 e. The molecule has 0 fully saturated rings. The number of azide groups is 1. The molecule has 0 saturated carbocycles. The van der Waals surface area contributed by atoms with Crippen molar-refractivity contribution in [2.45, 2.75) is 26.4 Å². The maximum absolute atomic E-state index is 8.10. The van der Waals surface area contributed by atoms with E-state index in [1.807, 2.05) is 0 Å². The lowest BCUT2D eigenvalue weighted by Crippen LogP contribution is -2.23. The zero-order valence-corrected chi connectivity index (χ0v) is 6.70. The van der Waals surface area contributed by atoms with Gasteiger partial charge in [0.1, 0.15) is 0 Å². The summed E-state index contributed by atoms with van der Waals surface area (Å²) in [7, 11) is 1.79. The maximum Gasteiger partial charge on any atom is 0.0861 e. The summed E-state index contributed by atoms with van der Waals surface area (Å²) >= 11 is 0. The van der Waals surface area contributed by atoms with Crippen LogP contribution in [-0.4, -0.2) is 13.2 Å². The van der Waals surface area contributed by atoms with Crippen LogP contribution in [0.3, 0.4) is 0 Å². The van der Waals surface area contributed by atoms with E-state index < -0.39 is 0 Å². The molecule has 0 saturated heterocycles. The third kappa shape index (κ3) is 4.18. The van der Waals surface area contributed by atoms with Crippen LogP contribution in [-0.2, 0) is 0 Å². The van der Waals surface area contributed by atoms with Gasteiger partial charge in [-0.25, -0.2) is 0 Å². The van der Waals surface area contributed by atoms with Gasteiger partial charge in [-0.2, -0.15) is 0 Å². The molecule has 4 nitrogen and oxygen atoms in total. The molecule has 0 radical (unpaired) electrons. The van der Waals surface area contributed by atoms with Crippen molar-refractivity contribution in [3.05, 3.63) is 10.4 Å². The van der Waals surface area contributed by atoms with Crippen LogP contribution in [0.4, 0.5) is 0 Å². The molecule has 0 heterocycles. The lowest BCUT2D eigenvalue weighted by Gasteiger charge is -2.11. The van der Waals surface area contributed by atoms with Gasteiger partial charge in [-0.05, 0) is 24.9 Å². The van der Waals surface area contributed by atoms with Crippen molar-refractivity contribution in [1.82, 2.24) is 5.32 Å². The Morgan fingerprint density at radius 1 is 1.60 bits per heavy atom. The van der Waals surface area contributed by atoms with Crippen molar-refractivity contribution >= 4 is 0 Å². The number of hydrogen-bond acceptors (Lipinski definition) is 2. The molecule has 0 aromatic heterocycles. The first-order chi connectivity index (χ1) is 4.70. The number of rotatable bonds is 4. The predicted octanol–water partition coefficient (Wildman–Crippen LogP) is 1.89. The van der Waals surface area contributed by atoms with E-state index in [0.29, 0.717) is 5.92 Å². The summed E-state index contributed by atoms with van der Waals surface area (Å²) in [6, 6.07) is 0. The van der Waals surface area contributed by atoms with Gasteiger partial charge < -0.3 is 5.32 Å². The standard InChI is InChI=1S/C6H14N4/c1-5(2)4-6(8-3)9-10-7/h5-6,8H,4H2,1-3H3. The first kappa shape index (κ1) is 9.27. The summed E-state index contributed by atoms with van der Waals surface area (Å²) in [5, 5.41) is 6.47. The predicted molar refractivity (Wildman–Crippen MR) is 41.4 cm³/mol. The summed E-state index contributed by atoms with van der Waals surface area (Å²) in [5.41, 5.74) is 8.10. The van der Waals surface area contributed by atoms with Crippen molar-refractivity contribution in [1.29, 1.82) is 0 Å². The fourth-order valence-corrected chi connectivity index (χ4v) is 0.732. The maximum atomic E-state index is 8.10. The topological polar surface area (TPSA) is 60.8 Å². The third-order valence-electron chi connectivity index (χ3n) is 1.22. The highest BCUT2D eigenvalue weighted by molar-refractivity contribution is 4.63. The minimum Gasteiger partial charge on any atom is -0.312 e. The normalized spacial score (nSPS) is 12.8. The molecule has 0 rings (SSSR count). The quantitative estimate of drug-likeness (QED) is 0.363. The molecule has 4 heteroatoms. The van der Waals surface area contributed by atoms with Gasteiger partial charge in [-0.15, -0.1) is 0 Å². The second kappa shape index (κ2) is 5.09. The van der Waals surface area contributed by atoms with Crippen molar-refractivity contribution < 1.29 is 0 Å². The van der Waals surface area contributed by atoms with E-state index in [-0.39, 0.29) is 6.17 Å². The molecule has 0 aliphatic rings. The summed E-state index contributed by atoms with van der Waals surface area (Å²) in [4.78, 5) is 2.72. The molecule has 1 atom stereocenters. The zero-order valence-electron chi connectivity index (χ0n) is 6.70. The molecule has 0 spiro atoms. The van der Waals surface area contributed by atoms with E-state index in [1.165, 1.54) is 0 Å². The molecular weight excluding hydrogens is 128 g/mol. The van der Waals surface area contributed by atoms with Crippen LogP contribution >= 0.6 is 0 Å². The van der Waals surface area contributed by atoms with Crippen molar-refractivity contribution in [3.63, 3.8) is 0 Å². The van der Waals surface area contributed by atoms with Crippen LogP contribution in [0, 0.1) is 5.92 Å². The highest BCUT2D eigenvalue weighted by atomic mass is 15.2. The van der Waals surface area contributed by atoms with Crippen LogP contribution in [0.2, 0.25) is 0 Å². The Balaban J connectivity index is 3.71. The second-order valence-electron chi connectivity index (χ2n) is 2.64. The van der Waals surface area contributed by atoms with E-state index >= 15 is 0 Å². The highest BCUT2D eigenvalue weighted by Crippen LogP contribution is 2.04. The fourth-order valence-electron chi connectivity index (χ4n) is 0.732. The SMILES string of the molecule is CNC(CC(C)C)N=[N+]=[N-]. The summed E-state index contributed by atoms with van der Waals surface area (Å²) in [6.45, 7) is 4.19. The van der Waals surface area contributed by atoms with E-state index in [0.717, 1.165) is 6.42 Å². The number of hydrogen-bond donors (Lipinski definition) is 1. The highest BCUT2D eigenvalue weighted by Gasteiger charge is 2.03. The van der Waals surface area contributed by atoms with E-state index in [2.05, 4.69) is 29.2 Å². The van der Waals surface area contributed by atoms with E-state index in [9.17, 15) is 0 Å². The van der Waals surface area contributed by atoms with Crippen LogP contribution in [0.25, 0.3) is 10.4 Å². The van der Waals surface area contributed by atoms with Gasteiger partial charge in [0.2, 0.25) is 0 Å². The van der Waals surface area contributed by atoms with Crippen LogP contribution in [0.15, 0.2) is 5.11 Å². The Labute approximate surface area is 61.2 Å². The Hall–Kier alpha value is -0.730. The summed E-state index contributed by atoms with van der Waals surface area (Å²) < 4.78 is 0. The number of nitrogens with one attached hydrogen (secondary N) is 1. The molecule has 58 valence electrons. The molecular formula is C6H14N4. The zero-order chi connectivity index (χ0) is 7.98. The fraction of sp³-hybridized carbons (Fsp3) is 1.00. The lowest BCUT2D eigenvalue weighted by atomic mass is 10.1. The Kier molecular flexibility index (Phi) is 4.72. The number of nitrogens with zero attached hydrogens (tertiary/aromatic N) is 3. The monoisotopic (exact) mass is 142 g/mol. The molecule has 1 unspecified atom stereocenters. The second-order valence-corrected chi connectivity index (χ2v) is 2.64. The van der Waals surface area contributed by atoms with Gasteiger partial charge >= 0.3 is 0 Å². The first-order valence-electron chi connectivity index (χ1n) is 3.42. The molecule has 10 heavy (non-hydrogen) atoms. The van der Waals surface area contributed by atoms with Crippen molar-refractivity contribution in [3.8, 4) is 0 Å². The van der Waals surface area contributed by atoms with Gasteiger partial charge in [-0.3, -0.25) is 0 Å². The molecule has 0 aliphatic carbocycles. The Morgan fingerprint density at radius 3 is 2.50 bits per heavy atom. The average molecular weight is 142 g/mol. The average Bonchev–Trinajstić information content (AvgIpc) is 1.86. The Morgan fingerprint density at radius 2 is 2.20 bits per heavy atom. The van der Waals surface area contributed by atoms with Crippen molar-refractivity contribution in [2.24, 2.45) is 11.0 Å². The van der Waals surface area contributed by atoms with Gasteiger partial charge in [0, 0.05) is 4.91 Å². The molecule has 0 bridgehead atoms. The summed E-state index contributed by atoms with van der Waals surface area (Å²) in [6.07, 6.45) is 0.839. The smallest absolute Gasteiger partial charge is 0.0861 e. The van der Waals surface area contributed by atoms with Gasteiger partial charge in [0.15, 0.2) is 0 Å². The third-order valence-corrected chi connectivity index (χ3v) is 1.22. The van der Waals surface area contributed by atoms with Crippen LogP contribution in [0.5, 0.6) is 0 Å². The minimum absolute atomic E-state index is 0.0509. The van der Waals surface area contributed by atoms with Gasteiger partial charge in [0.25, 0.3) is 0 Å². The summed E-state index contributed by atoms with van der Waals surface area (Å²) in [5.74, 6) is 0.558. The van der Waals surface area contributed by atoms with Crippen LogP contribution in [0.1, 0.15) is 20.3 Å². The van der Waals surface area contributed by atoms with Crippen molar-refractivity contribution in [2.75, 3.05) is 7.05 Å². The molecule has 0 aromatic carbocycles. The van der Waals surface area contributed by atoms with Gasteiger partial charge in [-0.1, -0.05) is 19.0 Å². The Bertz CT molecular complexity index is 126.